The lowest BCUT2D eigenvalue weighted by Gasteiger charge is -2.07. The van der Waals surface area contributed by atoms with Gasteiger partial charge >= 0.3 is 5.97 Å². The van der Waals surface area contributed by atoms with Gasteiger partial charge in [0.15, 0.2) is 0 Å². The van der Waals surface area contributed by atoms with E-state index < -0.39 is 5.97 Å². The van der Waals surface area contributed by atoms with E-state index in [0.717, 1.165) is 41.4 Å². The predicted octanol–water partition coefficient (Wildman–Crippen LogP) is 3.76. The van der Waals surface area contributed by atoms with E-state index in [1.165, 1.54) is 0 Å². The number of aryl methyl sites for hydroxylation is 3. The first-order valence-corrected chi connectivity index (χ1v) is 6.38. The fraction of sp³-hybridized carbons (Fsp3) is 0.400. The normalized spacial score (nSPS) is 11.1. The average molecular weight is 245 g/mol. The van der Waals surface area contributed by atoms with Crippen molar-refractivity contribution < 1.29 is 9.90 Å². The van der Waals surface area contributed by atoms with Gasteiger partial charge in [0, 0.05) is 18.1 Å². The molecule has 3 nitrogen and oxygen atoms in total. The molecule has 0 aliphatic carbocycles. The summed E-state index contributed by atoms with van der Waals surface area (Å²) < 4.78 is 2.08. The maximum absolute atomic E-state index is 11.4. The molecule has 2 aromatic rings. The standard InChI is InChI=1S/C15H19NO2/c1-4-5-6-16-9-11(3)12-7-10(2)8-13(14(12)16)15(17)18/h7-9H,4-6H2,1-3H3,(H,17,18). The molecule has 1 N–H and O–H groups in total. The number of aromatic carboxylic acids is 1. The number of hydrogen-bond donors (Lipinski definition) is 1. The van der Waals surface area contributed by atoms with Crippen molar-refractivity contribution in [2.45, 2.75) is 40.2 Å². The van der Waals surface area contributed by atoms with E-state index in [1.54, 1.807) is 6.07 Å². The third-order valence-corrected chi connectivity index (χ3v) is 3.30. The van der Waals surface area contributed by atoms with Gasteiger partial charge in [-0.3, -0.25) is 0 Å². The van der Waals surface area contributed by atoms with Crippen LogP contribution in [0.1, 0.15) is 41.3 Å². The molecule has 2 rings (SSSR count). The number of unbranched alkanes of at least 4 members (excludes halogenated alkanes) is 1. The molecular weight excluding hydrogens is 226 g/mol. The summed E-state index contributed by atoms with van der Waals surface area (Å²) in [6.07, 6.45) is 4.23. The Morgan fingerprint density at radius 2 is 2.06 bits per heavy atom. The van der Waals surface area contributed by atoms with Crippen molar-refractivity contribution in [2.75, 3.05) is 0 Å². The predicted molar refractivity (Wildman–Crippen MR) is 73.3 cm³/mol. The molecule has 96 valence electrons. The lowest BCUT2D eigenvalue weighted by atomic mass is 10.1. The maximum Gasteiger partial charge on any atom is 0.337 e. The maximum atomic E-state index is 11.4. The minimum atomic E-state index is -0.848. The number of carboxylic acid groups (broad SMARTS) is 1. The zero-order valence-electron chi connectivity index (χ0n) is 11.2. The third kappa shape index (κ3) is 2.13. The van der Waals surface area contributed by atoms with Crippen LogP contribution in [0.5, 0.6) is 0 Å². The first kappa shape index (κ1) is 12.7. The fourth-order valence-corrected chi connectivity index (χ4v) is 2.42. The number of nitrogens with zero attached hydrogens (tertiary/aromatic N) is 1. The Kier molecular flexibility index (Phi) is 3.41. The fourth-order valence-electron chi connectivity index (χ4n) is 2.42. The molecule has 3 heteroatoms. The molecule has 0 bridgehead atoms. The van der Waals surface area contributed by atoms with Crippen molar-refractivity contribution >= 4 is 16.9 Å². The van der Waals surface area contributed by atoms with Gasteiger partial charge < -0.3 is 9.67 Å². The zero-order chi connectivity index (χ0) is 13.3. The highest BCUT2D eigenvalue weighted by Crippen LogP contribution is 2.26. The Hall–Kier alpha value is -1.77. The Balaban J connectivity index is 2.69. The quantitative estimate of drug-likeness (QED) is 0.891. The number of rotatable bonds is 4. The van der Waals surface area contributed by atoms with Gasteiger partial charge in [-0.2, -0.15) is 0 Å². The third-order valence-electron chi connectivity index (χ3n) is 3.30. The minimum Gasteiger partial charge on any atom is -0.478 e. The summed E-state index contributed by atoms with van der Waals surface area (Å²) in [6.45, 7) is 7.00. The average Bonchev–Trinajstić information content (AvgIpc) is 2.62. The summed E-state index contributed by atoms with van der Waals surface area (Å²) in [5, 5.41) is 10.4. The number of benzene rings is 1. The van der Waals surface area contributed by atoms with Crippen LogP contribution in [-0.2, 0) is 6.54 Å². The Morgan fingerprint density at radius 1 is 1.33 bits per heavy atom. The van der Waals surface area contributed by atoms with E-state index in [9.17, 15) is 9.90 Å². The topological polar surface area (TPSA) is 42.2 Å². The monoisotopic (exact) mass is 245 g/mol. The van der Waals surface area contributed by atoms with Gasteiger partial charge in [0.05, 0.1) is 11.1 Å². The summed E-state index contributed by atoms with van der Waals surface area (Å²) in [5.74, 6) is -0.848. The number of carboxylic acids is 1. The molecule has 0 saturated carbocycles. The van der Waals surface area contributed by atoms with Crippen molar-refractivity contribution in [1.82, 2.24) is 4.57 Å². The molecule has 0 aliphatic rings. The van der Waals surface area contributed by atoms with Crippen LogP contribution in [-0.4, -0.2) is 15.6 Å². The van der Waals surface area contributed by atoms with Gasteiger partial charge in [0.2, 0.25) is 0 Å². The van der Waals surface area contributed by atoms with Crippen molar-refractivity contribution in [2.24, 2.45) is 0 Å². The van der Waals surface area contributed by atoms with Crippen LogP contribution in [0.2, 0.25) is 0 Å². The highest BCUT2D eigenvalue weighted by Gasteiger charge is 2.15. The van der Waals surface area contributed by atoms with Crippen LogP contribution in [0.15, 0.2) is 18.3 Å². The largest absolute Gasteiger partial charge is 0.478 e. The second-order valence-corrected chi connectivity index (χ2v) is 4.87. The highest BCUT2D eigenvalue weighted by molar-refractivity contribution is 6.03. The molecule has 0 unspecified atom stereocenters. The molecular formula is C15H19NO2. The molecule has 0 spiro atoms. The Bertz CT molecular complexity index is 596. The number of aromatic nitrogens is 1. The van der Waals surface area contributed by atoms with Crippen molar-refractivity contribution in [3.8, 4) is 0 Å². The van der Waals surface area contributed by atoms with Crippen LogP contribution in [0.3, 0.4) is 0 Å². The van der Waals surface area contributed by atoms with E-state index in [4.69, 9.17) is 0 Å². The van der Waals surface area contributed by atoms with E-state index in [2.05, 4.69) is 23.8 Å². The van der Waals surface area contributed by atoms with Crippen molar-refractivity contribution in [3.63, 3.8) is 0 Å². The van der Waals surface area contributed by atoms with Crippen LogP contribution in [0.25, 0.3) is 10.9 Å². The first-order valence-electron chi connectivity index (χ1n) is 6.38. The van der Waals surface area contributed by atoms with Gasteiger partial charge in [0.1, 0.15) is 0 Å². The molecule has 0 atom stereocenters. The molecule has 0 fully saturated rings. The van der Waals surface area contributed by atoms with Gasteiger partial charge in [-0.15, -0.1) is 0 Å². The molecule has 18 heavy (non-hydrogen) atoms. The van der Waals surface area contributed by atoms with Crippen LogP contribution < -0.4 is 0 Å². The summed E-state index contributed by atoms with van der Waals surface area (Å²) in [5.41, 5.74) is 3.41. The van der Waals surface area contributed by atoms with Gasteiger partial charge in [0.25, 0.3) is 0 Å². The second-order valence-electron chi connectivity index (χ2n) is 4.87. The lowest BCUT2D eigenvalue weighted by Crippen LogP contribution is -2.03. The van der Waals surface area contributed by atoms with Gasteiger partial charge in [-0.25, -0.2) is 4.79 Å². The summed E-state index contributed by atoms with van der Waals surface area (Å²) in [4.78, 5) is 11.4. The number of carbonyl (C=O) groups is 1. The van der Waals surface area contributed by atoms with Gasteiger partial charge in [-0.05, 0) is 43.5 Å². The smallest absolute Gasteiger partial charge is 0.337 e. The van der Waals surface area contributed by atoms with Crippen LogP contribution >= 0.6 is 0 Å². The SMILES string of the molecule is CCCCn1cc(C)c2cc(C)cc(C(=O)O)c21. The summed E-state index contributed by atoms with van der Waals surface area (Å²) >= 11 is 0. The Morgan fingerprint density at radius 3 is 2.67 bits per heavy atom. The summed E-state index contributed by atoms with van der Waals surface area (Å²) in [7, 11) is 0. The molecule has 0 saturated heterocycles. The summed E-state index contributed by atoms with van der Waals surface area (Å²) in [6, 6.07) is 3.83. The lowest BCUT2D eigenvalue weighted by molar-refractivity contribution is 0.0698. The Labute approximate surface area is 107 Å². The first-order chi connectivity index (χ1) is 8.54. The van der Waals surface area contributed by atoms with Crippen LogP contribution in [0, 0.1) is 13.8 Å². The molecule has 1 heterocycles. The van der Waals surface area contributed by atoms with E-state index in [0.29, 0.717) is 5.56 Å². The van der Waals surface area contributed by atoms with E-state index in [-0.39, 0.29) is 0 Å². The molecule has 1 aromatic carbocycles. The van der Waals surface area contributed by atoms with E-state index in [1.807, 2.05) is 13.8 Å². The minimum absolute atomic E-state index is 0.411. The van der Waals surface area contributed by atoms with Crippen molar-refractivity contribution in [3.05, 3.63) is 35.0 Å². The number of hydrogen-bond acceptors (Lipinski definition) is 1. The highest BCUT2D eigenvalue weighted by atomic mass is 16.4. The van der Waals surface area contributed by atoms with Gasteiger partial charge in [-0.1, -0.05) is 13.3 Å². The molecule has 0 amide bonds. The molecule has 0 aliphatic heterocycles. The second kappa shape index (κ2) is 4.84. The molecule has 1 aromatic heterocycles. The number of fused-ring (bicyclic) bond motifs is 1. The van der Waals surface area contributed by atoms with E-state index >= 15 is 0 Å². The molecule has 0 radical (unpaired) electrons. The van der Waals surface area contributed by atoms with Crippen LogP contribution in [0.4, 0.5) is 0 Å². The zero-order valence-corrected chi connectivity index (χ0v) is 11.2. The van der Waals surface area contributed by atoms with Crippen molar-refractivity contribution in [1.29, 1.82) is 0 Å².